The van der Waals surface area contributed by atoms with Gasteiger partial charge in [0.25, 0.3) is 0 Å². The van der Waals surface area contributed by atoms with Crippen LogP contribution in [0.1, 0.15) is 19.0 Å². The molecule has 14 heavy (non-hydrogen) atoms. The van der Waals surface area contributed by atoms with E-state index in [0.29, 0.717) is 0 Å². The van der Waals surface area contributed by atoms with E-state index in [1.165, 1.54) is 5.69 Å². The van der Waals surface area contributed by atoms with Gasteiger partial charge < -0.3 is 10.3 Å². The molecule has 0 spiro atoms. The Labute approximate surface area is 87.8 Å². The van der Waals surface area contributed by atoms with Gasteiger partial charge in [0.05, 0.1) is 0 Å². The van der Waals surface area contributed by atoms with Crippen molar-refractivity contribution in [2.45, 2.75) is 25.1 Å². The summed E-state index contributed by atoms with van der Waals surface area (Å²) in [5.74, 6) is 0. The van der Waals surface area contributed by atoms with Gasteiger partial charge in [0.1, 0.15) is 0 Å². The molecule has 2 N–H and O–H groups in total. The highest BCUT2D eigenvalue weighted by atomic mass is 32.2. The molecule has 1 aromatic rings. The second-order valence-electron chi connectivity index (χ2n) is 3.47. The summed E-state index contributed by atoms with van der Waals surface area (Å²) in [6.45, 7) is 3.79. The van der Waals surface area contributed by atoms with Crippen LogP contribution < -0.4 is 5.32 Å². The number of nitrogens with one attached hydrogen (secondary N) is 2. The highest BCUT2D eigenvalue weighted by Gasteiger charge is 2.04. The molecule has 0 aliphatic rings. The average Bonchev–Trinajstić information content (AvgIpc) is 2.64. The second-order valence-corrected chi connectivity index (χ2v) is 5.27. The van der Waals surface area contributed by atoms with Crippen LogP contribution in [-0.2, 0) is 17.3 Å². The van der Waals surface area contributed by atoms with Crippen LogP contribution in [0, 0.1) is 0 Å². The minimum Gasteiger partial charge on any atom is -0.364 e. The summed E-state index contributed by atoms with van der Waals surface area (Å²) in [7, 11) is -0.698. The fourth-order valence-electron chi connectivity index (χ4n) is 1.17. The molecule has 80 valence electrons. The maximum absolute atomic E-state index is 11.0. The zero-order valence-corrected chi connectivity index (χ0v) is 9.56. The fraction of sp³-hybridized carbons (Fsp3) is 0.600. The van der Waals surface area contributed by atoms with Crippen molar-refractivity contribution in [1.29, 1.82) is 0 Å². The first kappa shape index (κ1) is 11.5. The molecular weight excluding hydrogens is 196 g/mol. The van der Waals surface area contributed by atoms with Gasteiger partial charge in [0.15, 0.2) is 0 Å². The third-order valence-electron chi connectivity index (χ3n) is 2.27. The van der Waals surface area contributed by atoms with Crippen LogP contribution in [0.25, 0.3) is 0 Å². The Bertz CT molecular complexity index is 272. The lowest BCUT2D eigenvalue weighted by molar-refractivity contribution is 0.624. The largest absolute Gasteiger partial charge is 0.364 e. The molecule has 0 aromatic carbocycles. The van der Waals surface area contributed by atoms with Gasteiger partial charge in [-0.1, -0.05) is 6.92 Å². The predicted octanol–water partition coefficient (Wildman–Crippen LogP) is 1.26. The molecule has 2 atom stereocenters. The average molecular weight is 214 g/mol. The zero-order chi connectivity index (χ0) is 10.4. The molecule has 0 aliphatic heterocycles. The molecule has 1 heterocycles. The Morgan fingerprint density at radius 2 is 2.43 bits per heavy atom. The highest BCUT2D eigenvalue weighted by molar-refractivity contribution is 7.84. The molecule has 1 aromatic heterocycles. The minimum absolute atomic E-state index is 0.283. The van der Waals surface area contributed by atoms with Gasteiger partial charge in [-0.25, -0.2) is 0 Å². The summed E-state index contributed by atoms with van der Waals surface area (Å²) in [5.41, 5.74) is 1.19. The summed E-state index contributed by atoms with van der Waals surface area (Å²) in [4.78, 5) is 3.13. The van der Waals surface area contributed by atoms with Crippen molar-refractivity contribution in [3.8, 4) is 0 Å². The lowest BCUT2D eigenvalue weighted by atomic mass is 10.3. The Balaban J connectivity index is 2.08. The van der Waals surface area contributed by atoms with E-state index in [-0.39, 0.29) is 5.25 Å². The number of hydrogen-bond acceptors (Lipinski definition) is 2. The lowest BCUT2D eigenvalue weighted by Crippen LogP contribution is -2.21. The third kappa shape index (κ3) is 4.07. The van der Waals surface area contributed by atoms with Crippen LogP contribution in [0.4, 0.5) is 0 Å². The molecule has 1 rings (SSSR count). The number of aromatic nitrogens is 1. The lowest BCUT2D eigenvalue weighted by Gasteiger charge is -2.08. The van der Waals surface area contributed by atoms with Crippen molar-refractivity contribution in [2.75, 3.05) is 12.8 Å². The summed E-state index contributed by atoms with van der Waals surface area (Å²) in [6, 6.07) is 4.04. The first-order valence-electron chi connectivity index (χ1n) is 4.85. The van der Waals surface area contributed by atoms with Crippen molar-refractivity contribution in [3.63, 3.8) is 0 Å². The van der Waals surface area contributed by atoms with E-state index < -0.39 is 10.8 Å². The third-order valence-corrected chi connectivity index (χ3v) is 3.64. The second kappa shape index (κ2) is 5.98. The monoisotopic (exact) mass is 214 g/mol. The Morgan fingerprint density at radius 3 is 3.00 bits per heavy atom. The molecule has 0 saturated heterocycles. The molecule has 0 fully saturated rings. The molecule has 0 amide bonds. The fourth-order valence-corrected chi connectivity index (χ4v) is 1.62. The molecule has 2 unspecified atom stereocenters. The Morgan fingerprint density at radius 1 is 1.64 bits per heavy atom. The number of rotatable bonds is 6. The summed E-state index contributed by atoms with van der Waals surface area (Å²) in [6.07, 6.45) is 4.64. The maximum Gasteiger partial charge on any atom is 0.0357 e. The van der Waals surface area contributed by atoms with Gasteiger partial charge in [-0.15, -0.1) is 0 Å². The summed E-state index contributed by atoms with van der Waals surface area (Å²) >= 11 is 0. The first-order valence-corrected chi connectivity index (χ1v) is 6.47. The van der Waals surface area contributed by atoms with Gasteiger partial charge in [0, 0.05) is 40.7 Å². The number of aromatic amines is 1. The molecular formula is C10H18N2OS. The van der Waals surface area contributed by atoms with Gasteiger partial charge >= 0.3 is 0 Å². The molecule has 4 heteroatoms. The van der Waals surface area contributed by atoms with Gasteiger partial charge in [-0.2, -0.15) is 0 Å². The van der Waals surface area contributed by atoms with Crippen LogP contribution in [0.5, 0.6) is 0 Å². The van der Waals surface area contributed by atoms with E-state index in [1.54, 1.807) is 6.26 Å². The van der Waals surface area contributed by atoms with Crippen molar-refractivity contribution in [2.24, 2.45) is 0 Å². The van der Waals surface area contributed by atoms with Crippen molar-refractivity contribution < 1.29 is 4.21 Å². The number of hydrogen-bond donors (Lipinski definition) is 2. The SMILES string of the molecule is CC(CCNCc1ccc[nH]1)S(C)=O. The zero-order valence-electron chi connectivity index (χ0n) is 8.75. The molecule has 3 nitrogen and oxygen atoms in total. The van der Waals surface area contributed by atoms with Gasteiger partial charge in [-0.05, 0) is 25.1 Å². The predicted molar refractivity (Wildman–Crippen MR) is 60.6 cm³/mol. The topological polar surface area (TPSA) is 44.9 Å². The Hall–Kier alpha value is -0.610. The van der Waals surface area contributed by atoms with E-state index in [2.05, 4.69) is 16.4 Å². The van der Waals surface area contributed by atoms with Gasteiger partial charge in [0.2, 0.25) is 0 Å². The van der Waals surface area contributed by atoms with E-state index in [4.69, 9.17) is 0 Å². The van der Waals surface area contributed by atoms with E-state index in [1.807, 2.05) is 19.2 Å². The van der Waals surface area contributed by atoms with Crippen LogP contribution in [0.15, 0.2) is 18.3 Å². The van der Waals surface area contributed by atoms with E-state index >= 15 is 0 Å². The van der Waals surface area contributed by atoms with Crippen molar-refractivity contribution >= 4 is 10.8 Å². The summed E-state index contributed by atoms with van der Waals surface area (Å²) in [5, 5.41) is 3.59. The molecule has 0 radical (unpaired) electrons. The quantitative estimate of drug-likeness (QED) is 0.700. The number of H-pyrrole nitrogens is 1. The Kier molecular flexibility index (Phi) is 4.90. The van der Waals surface area contributed by atoms with Crippen LogP contribution in [0.2, 0.25) is 0 Å². The molecule has 0 saturated carbocycles. The van der Waals surface area contributed by atoms with Crippen LogP contribution >= 0.6 is 0 Å². The van der Waals surface area contributed by atoms with Gasteiger partial charge in [-0.3, -0.25) is 4.21 Å². The standard InChI is InChI=1S/C10H18N2OS/c1-9(14(2)13)5-7-11-8-10-4-3-6-12-10/h3-4,6,9,11-12H,5,7-8H2,1-2H3. The van der Waals surface area contributed by atoms with Crippen molar-refractivity contribution in [3.05, 3.63) is 24.0 Å². The molecule has 0 bridgehead atoms. The molecule has 0 aliphatic carbocycles. The van der Waals surface area contributed by atoms with Crippen LogP contribution in [0.3, 0.4) is 0 Å². The first-order chi connectivity index (χ1) is 6.70. The van der Waals surface area contributed by atoms with Crippen molar-refractivity contribution in [1.82, 2.24) is 10.3 Å². The van der Waals surface area contributed by atoms with E-state index in [0.717, 1.165) is 19.5 Å². The highest BCUT2D eigenvalue weighted by Crippen LogP contribution is 1.98. The smallest absolute Gasteiger partial charge is 0.0357 e. The summed E-state index contributed by atoms with van der Waals surface area (Å²) < 4.78 is 11.0. The minimum atomic E-state index is -0.698. The van der Waals surface area contributed by atoms with E-state index in [9.17, 15) is 4.21 Å². The van der Waals surface area contributed by atoms with Crippen LogP contribution in [-0.4, -0.2) is 27.2 Å². The normalized spacial score (nSPS) is 15.3. The maximum atomic E-state index is 11.0.